The number of pyridine rings is 1. The molecule has 0 fully saturated rings. The van der Waals surface area contributed by atoms with Gasteiger partial charge < -0.3 is 5.73 Å². The van der Waals surface area contributed by atoms with E-state index in [1.165, 1.54) is 6.33 Å². The molecular formula is C13H16N4. The van der Waals surface area contributed by atoms with Crippen LogP contribution in [0.3, 0.4) is 0 Å². The van der Waals surface area contributed by atoms with Crippen LogP contribution in [0.15, 0.2) is 24.7 Å². The van der Waals surface area contributed by atoms with E-state index in [9.17, 15) is 0 Å². The minimum atomic E-state index is 0.575. The van der Waals surface area contributed by atoms with E-state index >= 15 is 0 Å². The first kappa shape index (κ1) is 11.5. The Morgan fingerprint density at radius 2 is 2.06 bits per heavy atom. The van der Waals surface area contributed by atoms with E-state index in [0.717, 1.165) is 35.4 Å². The monoisotopic (exact) mass is 228 g/mol. The third-order valence-electron chi connectivity index (χ3n) is 2.65. The average molecular weight is 228 g/mol. The van der Waals surface area contributed by atoms with Gasteiger partial charge in [0.2, 0.25) is 0 Å². The molecule has 2 heterocycles. The summed E-state index contributed by atoms with van der Waals surface area (Å²) in [4.78, 5) is 12.6. The van der Waals surface area contributed by atoms with E-state index in [4.69, 9.17) is 5.73 Å². The van der Waals surface area contributed by atoms with Crippen LogP contribution in [0.1, 0.15) is 24.6 Å². The standard InChI is InChI=1S/C13H16N4/c1-3-4-11-12(16-8-17-13(11)14)10-5-6-15-9(2)7-10/h5-8H,3-4H2,1-2H3,(H2,14,16,17). The Morgan fingerprint density at radius 3 is 2.76 bits per heavy atom. The minimum absolute atomic E-state index is 0.575. The van der Waals surface area contributed by atoms with Gasteiger partial charge in [-0.2, -0.15) is 0 Å². The summed E-state index contributed by atoms with van der Waals surface area (Å²) in [6.45, 7) is 4.08. The number of aryl methyl sites for hydroxylation is 1. The summed E-state index contributed by atoms with van der Waals surface area (Å²) in [6.07, 6.45) is 5.22. The molecule has 0 atom stereocenters. The van der Waals surface area contributed by atoms with Gasteiger partial charge >= 0.3 is 0 Å². The lowest BCUT2D eigenvalue weighted by Gasteiger charge is -2.09. The van der Waals surface area contributed by atoms with E-state index in [1.807, 2.05) is 19.1 Å². The quantitative estimate of drug-likeness (QED) is 0.876. The summed E-state index contributed by atoms with van der Waals surface area (Å²) in [5, 5.41) is 0. The minimum Gasteiger partial charge on any atom is -0.383 e. The van der Waals surface area contributed by atoms with Crippen LogP contribution in [0.5, 0.6) is 0 Å². The van der Waals surface area contributed by atoms with Crippen molar-refractivity contribution in [3.63, 3.8) is 0 Å². The highest BCUT2D eigenvalue weighted by Crippen LogP contribution is 2.25. The molecule has 2 rings (SSSR count). The van der Waals surface area contributed by atoms with Gasteiger partial charge in [-0.1, -0.05) is 13.3 Å². The van der Waals surface area contributed by atoms with Crippen molar-refractivity contribution in [1.29, 1.82) is 0 Å². The topological polar surface area (TPSA) is 64.7 Å². The predicted molar refractivity (Wildman–Crippen MR) is 68.4 cm³/mol. The van der Waals surface area contributed by atoms with Crippen molar-refractivity contribution in [1.82, 2.24) is 15.0 Å². The molecule has 88 valence electrons. The third kappa shape index (κ3) is 2.41. The van der Waals surface area contributed by atoms with Gasteiger partial charge in [-0.3, -0.25) is 4.98 Å². The molecule has 17 heavy (non-hydrogen) atoms. The number of anilines is 1. The number of hydrogen-bond acceptors (Lipinski definition) is 4. The summed E-state index contributed by atoms with van der Waals surface area (Å²) in [5.41, 5.74) is 9.89. The molecular weight excluding hydrogens is 212 g/mol. The molecule has 4 heteroatoms. The van der Waals surface area contributed by atoms with Gasteiger partial charge in [-0.15, -0.1) is 0 Å². The predicted octanol–water partition coefficient (Wildman–Crippen LogP) is 2.38. The smallest absolute Gasteiger partial charge is 0.130 e. The Bertz CT molecular complexity index is 523. The third-order valence-corrected chi connectivity index (χ3v) is 2.65. The van der Waals surface area contributed by atoms with Gasteiger partial charge in [-0.05, 0) is 25.5 Å². The zero-order chi connectivity index (χ0) is 12.3. The number of rotatable bonds is 3. The fourth-order valence-corrected chi connectivity index (χ4v) is 1.86. The second-order valence-corrected chi connectivity index (χ2v) is 4.02. The summed E-state index contributed by atoms with van der Waals surface area (Å²) >= 11 is 0. The molecule has 0 radical (unpaired) electrons. The molecule has 0 aliphatic rings. The molecule has 2 aromatic heterocycles. The van der Waals surface area contributed by atoms with Gasteiger partial charge in [-0.25, -0.2) is 9.97 Å². The highest BCUT2D eigenvalue weighted by molar-refractivity contribution is 5.67. The van der Waals surface area contributed by atoms with E-state index < -0.39 is 0 Å². The van der Waals surface area contributed by atoms with E-state index in [0.29, 0.717) is 5.82 Å². The number of nitrogen functional groups attached to an aromatic ring is 1. The lowest BCUT2D eigenvalue weighted by atomic mass is 10.0. The van der Waals surface area contributed by atoms with Gasteiger partial charge in [0.1, 0.15) is 12.1 Å². The Morgan fingerprint density at radius 1 is 1.24 bits per heavy atom. The molecule has 0 bridgehead atoms. The van der Waals surface area contributed by atoms with E-state index in [-0.39, 0.29) is 0 Å². The average Bonchev–Trinajstić information content (AvgIpc) is 2.32. The largest absolute Gasteiger partial charge is 0.383 e. The number of aromatic nitrogens is 3. The molecule has 0 amide bonds. The van der Waals surface area contributed by atoms with Gasteiger partial charge in [0, 0.05) is 23.0 Å². The van der Waals surface area contributed by atoms with Crippen molar-refractivity contribution in [2.75, 3.05) is 5.73 Å². The molecule has 0 aliphatic carbocycles. The lowest BCUT2D eigenvalue weighted by molar-refractivity contribution is 0.908. The Kier molecular flexibility index (Phi) is 3.32. The molecule has 0 aromatic carbocycles. The summed E-state index contributed by atoms with van der Waals surface area (Å²) in [5.74, 6) is 0.575. The van der Waals surface area contributed by atoms with Crippen LogP contribution in [0.2, 0.25) is 0 Å². The molecule has 0 saturated heterocycles. The van der Waals surface area contributed by atoms with E-state index in [1.54, 1.807) is 6.20 Å². The van der Waals surface area contributed by atoms with Crippen molar-refractivity contribution in [2.45, 2.75) is 26.7 Å². The first-order valence-electron chi connectivity index (χ1n) is 5.74. The van der Waals surface area contributed by atoms with Crippen LogP contribution in [0, 0.1) is 6.92 Å². The highest BCUT2D eigenvalue weighted by atomic mass is 14.9. The van der Waals surface area contributed by atoms with Gasteiger partial charge in [0.25, 0.3) is 0 Å². The first-order valence-corrected chi connectivity index (χ1v) is 5.74. The van der Waals surface area contributed by atoms with Crippen molar-refractivity contribution < 1.29 is 0 Å². The number of nitrogens with zero attached hydrogens (tertiary/aromatic N) is 3. The maximum atomic E-state index is 5.92. The molecule has 4 nitrogen and oxygen atoms in total. The summed E-state index contributed by atoms with van der Waals surface area (Å²) in [7, 11) is 0. The van der Waals surface area contributed by atoms with E-state index in [2.05, 4.69) is 21.9 Å². The highest BCUT2D eigenvalue weighted by Gasteiger charge is 2.10. The van der Waals surface area contributed by atoms with Crippen LogP contribution in [-0.2, 0) is 6.42 Å². The number of hydrogen-bond donors (Lipinski definition) is 1. The van der Waals surface area contributed by atoms with Crippen molar-refractivity contribution >= 4 is 5.82 Å². The molecule has 2 aromatic rings. The molecule has 0 unspecified atom stereocenters. The van der Waals surface area contributed by atoms with Crippen LogP contribution in [-0.4, -0.2) is 15.0 Å². The first-order chi connectivity index (χ1) is 8.22. The Labute approximate surface area is 101 Å². The lowest BCUT2D eigenvalue weighted by Crippen LogP contribution is -2.02. The molecule has 0 aliphatic heterocycles. The molecule has 2 N–H and O–H groups in total. The van der Waals surface area contributed by atoms with Crippen LogP contribution in [0.4, 0.5) is 5.82 Å². The fraction of sp³-hybridized carbons (Fsp3) is 0.308. The van der Waals surface area contributed by atoms with Crippen molar-refractivity contribution in [2.24, 2.45) is 0 Å². The molecule has 0 saturated carbocycles. The SMILES string of the molecule is CCCc1c(N)ncnc1-c1ccnc(C)c1. The maximum absolute atomic E-state index is 5.92. The fourth-order valence-electron chi connectivity index (χ4n) is 1.86. The zero-order valence-electron chi connectivity index (χ0n) is 10.1. The molecule has 0 spiro atoms. The Hall–Kier alpha value is -1.97. The number of nitrogens with two attached hydrogens (primary N) is 1. The van der Waals surface area contributed by atoms with Crippen molar-refractivity contribution in [3.05, 3.63) is 35.9 Å². The Balaban J connectivity index is 2.54. The van der Waals surface area contributed by atoms with Gasteiger partial charge in [0.15, 0.2) is 0 Å². The summed E-state index contributed by atoms with van der Waals surface area (Å²) in [6, 6.07) is 3.97. The second kappa shape index (κ2) is 4.91. The van der Waals surface area contributed by atoms with Crippen LogP contribution >= 0.6 is 0 Å². The maximum Gasteiger partial charge on any atom is 0.130 e. The van der Waals surface area contributed by atoms with Crippen molar-refractivity contribution in [3.8, 4) is 11.3 Å². The zero-order valence-corrected chi connectivity index (χ0v) is 10.1. The normalized spacial score (nSPS) is 10.5. The second-order valence-electron chi connectivity index (χ2n) is 4.02. The summed E-state index contributed by atoms with van der Waals surface area (Å²) < 4.78 is 0. The van der Waals surface area contributed by atoms with Crippen LogP contribution < -0.4 is 5.73 Å². The van der Waals surface area contributed by atoms with Gasteiger partial charge in [0.05, 0.1) is 5.69 Å². The van der Waals surface area contributed by atoms with Crippen LogP contribution in [0.25, 0.3) is 11.3 Å².